The largest absolute Gasteiger partial charge is 1.00 e. The van der Waals surface area contributed by atoms with Crippen LogP contribution in [0.3, 0.4) is 0 Å². The Morgan fingerprint density at radius 2 is 1.67 bits per heavy atom. The van der Waals surface area contributed by atoms with Crippen molar-refractivity contribution in [3.63, 3.8) is 0 Å². The van der Waals surface area contributed by atoms with Gasteiger partial charge in [-0.2, -0.15) is 0 Å². The van der Waals surface area contributed by atoms with E-state index in [4.69, 9.17) is 0 Å². The molecule has 0 saturated heterocycles. The van der Waals surface area contributed by atoms with E-state index in [1.165, 1.54) is 0 Å². The van der Waals surface area contributed by atoms with Gasteiger partial charge in [-0.15, -0.1) is 12.1 Å². The van der Waals surface area contributed by atoms with Gasteiger partial charge in [0.2, 0.25) is 0 Å². The van der Waals surface area contributed by atoms with Crippen LogP contribution < -0.4 is 51.4 Å². The van der Waals surface area contributed by atoms with Crippen molar-refractivity contribution in [3.05, 3.63) is 12.1 Å². The zero-order chi connectivity index (χ0) is 11.5. The molecule has 84 valence electrons. The number of likely N-dealkylation sites (N-methyl/N-ethyl adjacent to an activating group) is 1. The van der Waals surface area contributed by atoms with Gasteiger partial charge in [0.25, 0.3) is 0 Å². The molecule has 0 rings (SSSR count). The van der Waals surface area contributed by atoms with E-state index in [1.54, 1.807) is 11.9 Å². The molecule has 0 aliphatic heterocycles. The van der Waals surface area contributed by atoms with Crippen LogP contribution in [0.2, 0.25) is 0 Å². The summed E-state index contributed by atoms with van der Waals surface area (Å²) in [5, 5.41) is 0. The van der Waals surface area contributed by atoms with Gasteiger partial charge in [-0.25, -0.2) is 0 Å². The minimum Gasteiger partial charge on any atom is -0.445 e. The SMILES string of the molecule is C=C(CN(C)C(C)C(C)C)[B-](F)(F)F.[K+]. The topological polar surface area (TPSA) is 3.24 Å². The molecule has 1 atom stereocenters. The van der Waals surface area contributed by atoms with Crippen LogP contribution in [0.15, 0.2) is 12.1 Å². The maximum atomic E-state index is 12.2. The van der Waals surface area contributed by atoms with Crippen LogP contribution in [0.25, 0.3) is 0 Å². The summed E-state index contributed by atoms with van der Waals surface area (Å²) in [7, 11) is 1.69. The molecule has 0 aromatic rings. The molecule has 0 spiro atoms. The maximum absolute atomic E-state index is 12.2. The smallest absolute Gasteiger partial charge is 0.445 e. The summed E-state index contributed by atoms with van der Waals surface area (Å²) in [4.78, 5) is 1.68. The summed E-state index contributed by atoms with van der Waals surface area (Å²) >= 11 is 0. The summed E-state index contributed by atoms with van der Waals surface area (Å²) in [5.41, 5.74) is -0.625. The fourth-order valence-corrected chi connectivity index (χ4v) is 1.08. The van der Waals surface area contributed by atoms with Gasteiger partial charge < -0.3 is 17.8 Å². The second kappa shape index (κ2) is 7.50. The quantitative estimate of drug-likeness (QED) is 0.614. The average Bonchev–Trinajstić information content (AvgIpc) is 2.00. The summed E-state index contributed by atoms with van der Waals surface area (Å²) in [6, 6.07) is 0.130. The van der Waals surface area contributed by atoms with Crippen molar-refractivity contribution in [2.75, 3.05) is 13.6 Å². The van der Waals surface area contributed by atoms with Gasteiger partial charge in [0.1, 0.15) is 0 Å². The Bertz CT molecular complexity index is 206. The van der Waals surface area contributed by atoms with Gasteiger partial charge in [0, 0.05) is 6.04 Å². The van der Waals surface area contributed by atoms with E-state index in [9.17, 15) is 12.9 Å². The van der Waals surface area contributed by atoms with E-state index in [1.807, 2.05) is 20.8 Å². The number of rotatable bonds is 5. The number of nitrogens with zero attached hydrogens (tertiary/aromatic N) is 1. The van der Waals surface area contributed by atoms with Crippen molar-refractivity contribution in [3.8, 4) is 0 Å². The molecule has 0 bridgehead atoms. The van der Waals surface area contributed by atoms with Gasteiger partial charge in [-0.05, 0) is 26.4 Å². The molecule has 0 saturated carbocycles. The molecule has 6 heteroatoms. The van der Waals surface area contributed by atoms with Crippen molar-refractivity contribution in [1.82, 2.24) is 4.90 Å². The Labute approximate surface area is 133 Å². The summed E-state index contributed by atoms with van der Waals surface area (Å²) in [6.45, 7) is 3.98. The normalized spacial score (nSPS) is 13.9. The third-order valence-electron chi connectivity index (χ3n) is 2.58. The fraction of sp³-hybridized carbons (Fsp3) is 0.778. The zero-order valence-electron chi connectivity index (χ0n) is 10.2. The molecule has 0 aliphatic rings. The van der Waals surface area contributed by atoms with Crippen molar-refractivity contribution < 1.29 is 64.3 Å². The van der Waals surface area contributed by atoms with E-state index in [-0.39, 0.29) is 64.0 Å². The molecule has 1 nitrogen and oxygen atoms in total. The molecular weight excluding hydrogens is 229 g/mol. The second-order valence-electron chi connectivity index (χ2n) is 4.13. The third kappa shape index (κ3) is 7.18. The Morgan fingerprint density at radius 3 is 1.93 bits per heavy atom. The van der Waals surface area contributed by atoms with E-state index in [0.29, 0.717) is 5.92 Å². The molecule has 0 amide bonds. The van der Waals surface area contributed by atoms with Crippen LogP contribution in [0, 0.1) is 5.92 Å². The van der Waals surface area contributed by atoms with Crippen molar-refractivity contribution in [2.45, 2.75) is 26.8 Å². The number of halogens is 3. The predicted octanol–water partition coefficient (Wildman–Crippen LogP) is -0.0905. The Balaban J connectivity index is 0. The minimum absolute atomic E-state index is 0. The van der Waals surface area contributed by atoms with Gasteiger partial charge in [0.05, 0.1) is 0 Å². The molecular formula is C9H18BF3KN. The van der Waals surface area contributed by atoms with Crippen LogP contribution in [0.1, 0.15) is 20.8 Å². The van der Waals surface area contributed by atoms with Crippen LogP contribution in [-0.2, 0) is 0 Å². The van der Waals surface area contributed by atoms with E-state index >= 15 is 0 Å². The first-order chi connectivity index (χ1) is 6.16. The van der Waals surface area contributed by atoms with E-state index in [2.05, 4.69) is 6.58 Å². The summed E-state index contributed by atoms with van der Waals surface area (Å²) in [6.07, 6.45) is 0. The average molecular weight is 247 g/mol. The predicted molar refractivity (Wildman–Crippen MR) is 55.1 cm³/mol. The van der Waals surface area contributed by atoms with Crippen LogP contribution >= 0.6 is 0 Å². The van der Waals surface area contributed by atoms with Crippen LogP contribution in [0.4, 0.5) is 12.9 Å². The monoisotopic (exact) mass is 247 g/mol. The standard InChI is InChI=1S/C9H18BF3N.K/c1-7(2)9(4)14(5)6-8(3)10(11,12)13;/h7,9H,3,6H2,1-2,4-5H3;/q-1;+1. The molecule has 0 fully saturated rings. The molecule has 0 aromatic heterocycles. The Kier molecular flexibility index (Phi) is 9.28. The van der Waals surface area contributed by atoms with Gasteiger partial charge >= 0.3 is 58.4 Å². The van der Waals surface area contributed by atoms with Gasteiger partial charge in [-0.1, -0.05) is 13.8 Å². The van der Waals surface area contributed by atoms with Gasteiger partial charge in [0.15, 0.2) is 0 Å². The molecule has 0 radical (unpaired) electrons. The summed E-state index contributed by atoms with van der Waals surface area (Å²) in [5.74, 6) is 0.341. The fourth-order valence-electron chi connectivity index (χ4n) is 1.08. The van der Waals surface area contributed by atoms with Crippen LogP contribution in [-0.4, -0.2) is 31.5 Å². The molecule has 1 unspecified atom stereocenters. The van der Waals surface area contributed by atoms with E-state index in [0.717, 1.165) is 0 Å². The molecule has 15 heavy (non-hydrogen) atoms. The van der Waals surface area contributed by atoms with Crippen molar-refractivity contribution in [2.24, 2.45) is 5.92 Å². The summed E-state index contributed by atoms with van der Waals surface area (Å²) < 4.78 is 36.6. The molecule has 0 heterocycles. The number of hydrogen-bond acceptors (Lipinski definition) is 1. The first-order valence-corrected chi connectivity index (χ1v) is 4.74. The van der Waals surface area contributed by atoms with Crippen molar-refractivity contribution in [1.29, 1.82) is 0 Å². The number of hydrogen-bond donors (Lipinski definition) is 0. The minimum atomic E-state index is -4.89. The second-order valence-corrected chi connectivity index (χ2v) is 4.13. The maximum Gasteiger partial charge on any atom is 1.00 e. The third-order valence-corrected chi connectivity index (χ3v) is 2.58. The molecule has 0 N–H and O–H groups in total. The first kappa shape index (κ1) is 18.6. The molecule has 0 aromatic carbocycles. The van der Waals surface area contributed by atoms with E-state index < -0.39 is 12.4 Å². The van der Waals surface area contributed by atoms with Gasteiger partial charge in [-0.3, -0.25) is 0 Å². The Hall–Kier alpha value is 1.19. The van der Waals surface area contributed by atoms with Crippen molar-refractivity contribution >= 4 is 6.98 Å². The first-order valence-electron chi connectivity index (χ1n) is 4.74. The molecule has 0 aliphatic carbocycles. The van der Waals surface area contributed by atoms with Crippen LogP contribution in [0.5, 0.6) is 0 Å². The zero-order valence-corrected chi connectivity index (χ0v) is 13.4. The Morgan fingerprint density at radius 1 is 1.27 bits per heavy atom.